The lowest BCUT2D eigenvalue weighted by Gasteiger charge is -2.18. The van der Waals surface area contributed by atoms with Gasteiger partial charge in [-0.1, -0.05) is 42.5 Å². The standard InChI is InChI=1S/C26H24FNO4/c1-17-8-9-20(14-18(17)2)25(30)16-32-26(31)23(28-22-12-10-21(27)11-13-22)15-24(29)19-6-4-3-5-7-19/h3-14,23,28H,15-16H2,1-2H3/t23-/m1/s1. The van der Waals surface area contributed by atoms with E-state index in [1.165, 1.54) is 24.3 Å². The molecule has 0 amide bonds. The average Bonchev–Trinajstić information content (AvgIpc) is 2.80. The molecule has 32 heavy (non-hydrogen) atoms. The van der Waals surface area contributed by atoms with Crippen LogP contribution in [0, 0.1) is 19.7 Å². The maximum atomic E-state index is 13.2. The number of esters is 1. The largest absolute Gasteiger partial charge is 0.456 e. The lowest BCUT2D eigenvalue weighted by Crippen LogP contribution is -2.34. The predicted molar refractivity (Wildman–Crippen MR) is 120 cm³/mol. The molecule has 0 aliphatic heterocycles. The maximum absolute atomic E-state index is 13.2. The third kappa shape index (κ3) is 6.11. The molecule has 3 aromatic rings. The van der Waals surface area contributed by atoms with Gasteiger partial charge in [0.2, 0.25) is 0 Å². The number of carbonyl (C=O) groups is 3. The monoisotopic (exact) mass is 433 g/mol. The van der Waals surface area contributed by atoms with E-state index in [1.807, 2.05) is 19.9 Å². The molecule has 0 saturated carbocycles. The molecule has 0 bridgehead atoms. The molecule has 0 spiro atoms. The second-order valence-corrected chi connectivity index (χ2v) is 7.53. The molecule has 3 rings (SSSR count). The fourth-order valence-electron chi connectivity index (χ4n) is 3.10. The van der Waals surface area contributed by atoms with Gasteiger partial charge in [0.15, 0.2) is 18.2 Å². The molecule has 1 N–H and O–H groups in total. The van der Waals surface area contributed by atoms with E-state index in [-0.39, 0.29) is 18.0 Å². The number of halogens is 1. The van der Waals surface area contributed by atoms with Crippen LogP contribution in [0.3, 0.4) is 0 Å². The number of Topliss-reactive ketones (excluding diaryl/α,β-unsaturated/α-hetero) is 2. The topological polar surface area (TPSA) is 72.5 Å². The van der Waals surface area contributed by atoms with Gasteiger partial charge in [0.25, 0.3) is 0 Å². The van der Waals surface area contributed by atoms with Gasteiger partial charge in [-0.2, -0.15) is 0 Å². The van der Waals surface area contributed by atoms with Crippen LogP contribution in [0.1, 0.15) is 38.3 Å². The summed E-state index contributed by atoms with van der Waals surface area (Å²) in [7, 11) is 0. The van der Waals surface area contributed by atoms with E-state index in [9.17, 15) is 18.8 Å². The van der Waals surface area contributed by atoms with Crippen molar-refractivity contribution in [3.8, 4) is 0 Å². The molecule has 0 fully saturated rings. The van der Waals surface area contributed by atoms with Crippen molar-refractivity contribution in [2.45, 2.75) is 26.3 Å². The third-order valence-corrected chi connectivity index (χ3v) is 5.13. The molecule has 6 heteroatoms. The van der Waals surface area contributed by atoms with E-state index < -0.39 is 24.4 Å². The highest BCUT2D eigenvalue weighted by molar-refractivity contribution is 6.01. The Morgan fingerprint density at radius 1 is 0.844 bits per heavy atom. The summed E-state index contributed by atoms with van der Waals surface area (Å²) in [5, 5.41) is 2.91. The van der Waals surface area contributed by atoms with E-state index in [1.54, 1.807) is 42.5 Å². The molecule has 1 atom stereocenters. The van der Waals surface area contributed by atoms with Gasteiger partial charge in [0, 0.05) is 23.2 Å². The Bertz CT molecular complexity index is 1110. The van der Waals surface area contributed by atoms with Crippen LogP contribution in [0.5, 0.6) is 0 Å². The summed E-state index contributed by atoms with van der Waals surface area (Å²) in [4.78, 5) is 37.9. The number of ketones is 2. The SMILES string of the molecule is Cc1ccc(C(=O)COC(=O)[C@@H](CC(=O)c2ccccc2)Nc2ccc(F)cc2)cc1C. The third-order valence-electron chi connectivity index (χ3n) is 5.13. The van der Waals surface area contributed by atoms with Crippen molar-refractivity contribution in [1.82, 2.24) is 0 Å². The second kappa shape index (κ2) is 10.5. The summed E-state index contributed by atoms with van der Waals surface area (Å²) in [5.41, 5.74) is 3.38. The van der Waals surface area contributed by atoms with Crippen molar-refractivity contribution in [3.63, 3.8) is 0 Å². The van der Waals surface area contributed by atoms with E-state index in [0.29, 0.717) is 16.8 Å². The first-order valence-electron chi connectivity index (χ1n) is 10.2. The summed E-state index contributed by atoms with van der Waals surface area (Å²) in [5.74, 6) is -1.76. The lowest BCUT2D eigenvalue weighted by atomic mass is 10.0. The first-order chi connectivity index (χ1) is 15.3. The summed E-state index contributed by atoms with van der Waals surface area (Å²) in [6, 6.07) is 18.2. The minimum atomic E-state index is -1.04. The number of ether oxygens (including phenoxy) is 1. The van der Waals surface area contributed by atoms with Crippen molar-refractivity contribution in [1.29, 1.82) is 0 Å². The normalized spacial score (nSPS) is 11.5. The number of nitrogens with one attached hydrogen (secondary N) is 1. The molecule has 164 valence electrons. The molecular weight excluding hydrogens is 409 g/mol. The van der Waals surface area contributed by atoms with Crippen molar-refractivity contribution in [3.05, 3.63) is 101 Å². The van der Waals surface area contributed by atoms with Crippen molar-refractivity contribution >= 4 is 23.2 Å². The number of benzene rings is 3. The highest BCUT2D eigenvalue weighted by atomic mass is 19.1. The van der Waals surface area contributed by atoms with Crippen LogP contribution >= 0.6 is 0 Å². The van der Waals surface area contributed by atoms with Gasteiger partial charge in [-0.05, 0) is 55.3 Å². The second-order valence-electron chi connectivity index (χ2n) is 7.53. The Morgan fingerprint density at radius 2 is 1.53 bits per heavy atom. The number of aryl methyl sites for hydroxylation is 2. The summed E-state index contributed by atoms with van der Waals surface area (Å²) >= 11 is 0. The zero-order valence-corrected chi connectivity index (χ0v) is 17.9. The van der Waals surface area contributed by atoms with Gasteiger partial charge in [-0.25, -0.2) is 9.18 Å². The molecular formula is C26H24FNO4. The molecule has 3 aromatic carbocycles. The van der Waals surface area contributed by atoms with Crippen molar-refractivity contribution < 1.29 is 23.5 Å². The highest BCUT2D eigenvalue weighted by Crippen LogP contribution is 2.15. The van der Waals surface area contributed by atoms with E-state index >= 15 is 0 Å². The fraction of sp³-hybridized carbons (Fsp3) is 0.192. The number of carbonyl (C=O) groups excluding carboxylic acids is 3. The van der Waals surface area contributed by atoms with Gasteiger partial charge >= 0.3 is 5.97 Å². The van der Waals surface area contributed by atoms with Gasteiger partial charge in [0.05, 0.1) is 0 Å². The predicted octanol–water partition coefficient (Wildman–Crippen LogP) is 4.92. The van der Waals surface area contributed by atoms with Gasteiger partial charge in [0.1, 0.15) is 11.9 Å². The number of rotatable bonds is 9. The summed E-state index contributed by atoms with van der Waals surface area (Å²) in [6.07, 6.45) is -0.182. The lowest BCUT2D eigenvalue weighted by molar-refractivity contribution is -0.143. The van der Waals surface area contributed by atoms with Crippen LogP contribution in [0.2, 0.25) is 0 Å². The van der Waals surface area contributed by atoms with Crippen molar-refractivity contribution in [2.75, 3.05) is 11.9 Å². The molecule has 0 radical (unpaired) electrons. The van der Waals surface area contributed by atoms with Crippen LogP contribution < -0.4 is 5.32 Å². The van der Waals surface area contributed by atoms with Gasteiger partial charge < -0.3 is 10.1 Å². The van der Waals surface area contributed by atoms with E-state index in [2.05, 4.69) is 5.32 Å². The van der Waals surface area contributed by atoms with Crippen LogP contribution in [0.15, 0.2) is 72.8 Å². The maximum Gasteiger partial charge on any atom is 0.329 e. The first-order valence-corrected chi connectivity index (χ1v) is 10.2. The fourth-order valence-corrected chi connectivity index (χ4v) is 3.10. The number of anilines is 1. The molecule has 0 aromatic heterocycles. The Hall–Kier alpha value is -3.80. The Labute approximate surface area is 186 Å². The van der Waals surface area contributed by atoms with E-state index in [0.717, 1.165) is 11.1 Å². The Balaban J connectivity index is 1.71. The summed E-state index contributed by atoms with van der Waals surface area (Å²) in [6.45, 7) is 3.40. The minimum absolute atomic E-state index is 0.182. The molecule has 0 aliphatic rings. The number of hydrogen-bond donors (Lipinski definition) is 1. The van der Waals surface area contributed by atoms with Crippen LogP contribution in [-0.4, -0.2) is 30.2 Å². The Kier molecular flexibility index (Phi) is 7.49. The average molecular weight is 433 g/mol. The highest BCUT2D eigenvalue weighted by Gasteiger charge is 2.25. The first kappa shape index (κ1) is 22.9. The molecule has 0 aliphatic carbocycles. The van der Waals surface area contributed by atoms with Crippen LogP contribution in [-0.2, 0) is 9.53 Å². The molecule has 0 saturated heterocycles. The zero-order chi connectivity index (χ0) is 23.1. The zero-order valence-electron chi connectivity index (χ0n) is 17.9. The van der Waals surface area contributed by atoms with Crippen LogP contribution in [0.25, 0.3) is 0 Å². The molecule has 5 nitrogen and oxygen atoms in total. The smallest absolute Gasteiger partial charge is 0.329 e. The van der Waals surface area contributed by atoms with E-state index in [4.69, 9.17) is 4.74 Å². The quantitative estimate of drug-likeness (QED) is 0.383. The molecule has 0 heterocycles. The van der Waals surface area contributed by atoms with Crippen molar-refractivity contribution in [2.24, 2.45) is 0 Å². The minimum Gasteiger partial charge on any atom is -0.456 e. The number of hydrogen-bond acceptors (Lipinski definition) is 5. The molecule has 0 unspecified atom stereocenters. The van der Waals surface area contributed by atoms with Gasteiger partial charge in [-0.3, -0.25) is 9.59 Å². The summed E-state index contributed by atoms with van der Waals surface area (Å²) < 4.78 is 18.5. The van der Waals surface area contributed by atoms with Crippen LogP contribution in [0.4, 0.5) is 10.1 Å². The van der Waals surface area contributed by atoms with Gasteiger partial charge in [-0.15, -0.1) is 0 Å². The Morgan fingerprint density at radius 3 is 2.19 bits per heavy atom.